The first-order valence-electron chi connectivity index (χ1n) is 16.0. The lowest BCUT2D eigenvalue weighted by atomic mass is 9.95. The average molecular weight is 713 g/mol. The molecule has 1 saturated heterocycles. The highest BCUT2D eigenvalue weighted by Crippen LogP contribution is 2.44. The summed E-state index contributed by atoms with van der Waals surface area (Å²) in [4.78, 5) is 14.5. The maximum absolute atomic E-state index is 17.1. The maximum Gasteiger partial charge on any atom is 0.249 e. The number of fused-ring (bicyclic) bond motifs is 2. The fraction of sp³-hybridized carbons (Fsp3) is 0.457. The van der Waals surface area contributed by atoms with Crippen molar-refractivity contribution in [3.8, 4) is 34.4 Å². The maximum atomic E-state index is 17.1. The molecule has 0 aliphatic carbocycles. The van der Waals surface area contributed by atoms with Crippen LogP contribution in [0.3, 0.4) is 0 Å². The molecule has 0 atom stereocenters. The van der Waals surface area contributed by atoms with Crippen LogP contribution in [0.5, 0.6) is 11.6 Å². The fourth-order valence-electron chi connectivity index (χ4n) is 6.99. The normalized spacial score (nSPS) is 14.1. The predicted octanol–water partition coefficient (Wildman–Crippen LogP) is 6.27. The van der Waals surface area contributed by atoms with E-state index in [4.69, 9.17) is 14.2 Å². The number of halogens is 2. The Labute approximate surface area is 286 Å². The topological polar surface area (TPSA) is 124 Å². The van der Waals surface area contributed by atoms with Gasteiger partial charge in [0.15, 0.2) is 12.6 Å². The number of pyridine rings is 1. The molecular weight excluding hydrogens is 671 g/mol. The smallest absolute Gasteiger partial charge is 0.249 e. The molecule has 4 aromatic rings. The van der Waals surface area contributed by atoms with Crippen molar-refractivity contribution in [2.24, 2.45) is 0 Å². The molecule has 0 spiro atoms. The lowest BCUT2D eigenvalue weighted by Gasteiger charge is -2.38. The molecule has 1 N–H and O–H groups in total. The Morgan fingerprint density at radius 1 is 1.00 bits per heavy atom. The van der Waals surface area contributed by atoms with Crippen molar-refractivity contribution in [1.29, 1.82) is 0 Å². The minimum absolute atomic E-state index is 0.0342. The van der Waals surface area contributed by atoms with Gasteiger partial charge in [0.1, 0.15) is 42.1 Å². The lowest BCUT2D eigenvalue weighted by Crippen LogP contribution is -2.51. The zero-order valence-corrected chi connectivity index (χ0v) is 31.0. The van der Waals surface area contributed by atoms with Crippen molar-refractivity contribution in [1.82, 2.24) is 15.0 Å². The number of aromatic nitrogens is 3. The Morgan fingerprint density at radius 3 is 2.20 bits per heavy atom. The van der Waals surface area contributed by atoms with E-state index in [2.05, 4.69) is 68.0 Å². The summed E-state index contributed by atoms with van der Waals surface area (Å²) < 4.78 is 75.0. The summed E-state index contributed by atoms with van der Waals surface area (Å²) in [7, 11) is -3.54. The van der Waals surface area contributed by atoms with Gasteiger partial charge in [-0.15, -0.1) is 5.54 Å². The summed E-state index contributed by atoms with van der Waals surface area (Å²) in [5.74, 6) is 1.93. The van der Waals surface area contributed by atoms with Gasteiger partial charge in [0, 0.05) is 37.4 Å². The highest BCUT2D eigenvalue weighted by atomic mass is 32.2. The summed E-state index contributed by atoms with van der Waals surface area (Å²) >= 11 is 0. The van der Waals surface area contributed by atoms with Gasteiger partial charge in [-0.25, -0.2) is 32.2 Å². The van der Waals surface area contributed by atoms with Gasteiger partial charge in [-0.05, 0) is 40.2 Å². The quantitative estimate of drug-likeness (QED) is 0.0871. The van der Waals surface area contributed by atoms with E-state index in [1.807, 2.05) is 0 Å². The van der Waals surface area contributed by atoms with Gasteiger partial charge in [0.2, 0.25) is 20.9 Å². The molecule has 0 radical (unpaired) electrons. The summed E-state index contributed by atoms with van der Waals surface area (Å²) in [6, 6.07) is 6.09. The van der Waals surface area contributed by atoms with Gasteiger partial charge >= 0.3 is 0 Å². The van der Waals surface area contributed by atoms with E-state index in [-0.39, 0.29) is 75.9 Å². The third-order valence-electron chi connectivity index (χ3n) is 9.31. The number of methoxy groups -OCH3 is 2. The van der Waals surface area contributed by atoms with Crippen molar-refractivity contribution in [3.05, 3.63) is 41.5 Å². The monoisotopic (exact) mass is 712 g/mol. The molecule has 0 amide bonds. The van der Waals surface area contributed by atoms with E-state index in [0.717, 1.165) is 6.26 Å². The number of anilines is 1. The molecule has 0 saturated carbocycles. The molecular formula is C35H42F2N4O6SSi. The second-order valence-corrected chi connectivity index (χ2v) is 20.8. The Kier molecular flexibility index (Phi) is 10.2. The first kappa shape index (κ1) is 36.4. The highest BCUT2D eigenvalue weighted by Gasteiger charge is 2.42. The number of β-amino-alcohol motifs (C(OH)–C–C–N with tert-alkyl or cyclic N) is 1. The molecule has 49 heavy (non-hydrogen) atoms. The van der Waals surface area contributed by atoms with Crippen LogP contribution in [0.4, 0.5) is 14.6 Å². The van der Waals surface area contributed by atoms with E-state index in [1.54, 1.807) is 17.0 Å². The zero-order chi connectivity index (χ0) is 36.0. The lowest BCUT2D eigenvalue weighted by molar-refractivity contribution is 0.0512. The van der Waals surface area contributed by atoms with Crippen LogP contribution < -0.4 is 14.4 Å². The number of ether oxygens (including phenoxy) is 3. The Hall–Kier alpha value is -3.90. The van der Waals surface area contributed by atoms with Gasteiger partial charge in [-0.2, -0.15) is 0 Å². The van der Waals surface area contributed by atoms with Crippen molar-refractivity contribution in [2.45, 2.75) is 69.4 Å². The van der Waals surface area contributed by atoms with Crippen LogP contribution in [0.1, 0.15) is 47.1 Å². The standard InChI is InChI=1S/C35H42F2N4O6SSi/c1-19(2)49(20(3)4,21(5)6)13-12-25-27(36)11-10-22-14-24(47-18-45-7)15-26(28(22)25)31-30(37)32-29(34(38-31)46-8)33(41-16-23(42)17-41)40-35(39-32)48(9,43)44/h10-11,14-15,19-21,23,42H,16-18H2,1-9H3. The van der Waals surface area contributed by atoms with E-state index in [0.29, 0.717) is 16.5 Å². The second kappa shape index (κ2) is 13.8. The van der Waals surface area contributed by atoms with Crippen molar-refractivity contribution in [3.63, 3.8) is 0 Å². The molecule has 5 rings (SSSR count). The van der Waals surface area contributed by atoms with Crippen LogP contribution >= 0.6 is 0 Å². The minimum Gasteiger partial charge on any atom is -0.480 e. The van der Waals surface area contributed by atoms with Crippen molar-refractivity contribution >= 4 is 45.4 Å². The fourth-order valence-corrected chi connectivity index (χ4v) is 12.7. The van der Waals surface area contributed by atoms with E-state index in [9.17, 15) is 13.5 Å². The van der Waals surface area contributed by atoms with Gasteiger partial charge in [-0.3, -0.25) is 0 Å². The molecule has 1 aliphatic heterocycles. The average Bonchev–Trinajstić information content (AvgIpc) is 3.02. The molecule has 2 aromatic carbocycles. The number of aliphatic hydroxyl groups excluding tert-OH is 1. The molecule has 14 heteroatoms. The third kappa shape index (κ3) is 6.57. The van der Waals surface area contributed by atoms with Crippen LogP contribution in [-0.4, -0.2) is 83.0 Å². The second-order valence-electron chi connectivity index (χ2n) is 13.4. The number of benzene rings is 2. The Morgan fingerprint density at radius 2 is 1.65 bits per heavy atom. The Bertz CT molecular complexity index is 2070. The Balaban J connectivity index is 1.91. The molecule has 1 aliphatic rings. The predicted molar refractivity (Wildman–Crippen MR) is 189 cm³/mol. The van der Waals surface area contributed by atoms with Crippen LogP contribution in [0.15, 0.2) is 29.4 Å². The van der Waals surface area contributed by atoms with Gasteiger partial charge in [-0.1, -0.05) is 53.5 Å². The van der Waals surface area contributed by atoms with Crippen LogP contribution in [0.2, 0.25) is 16.6 Å². The number of nitrogens with zero attached hydrogens (tertiary/aromatic N) is 4. The first-order valence-corrected chi connectivity index (χ1v) is 20.2. The molecule has 3 heterocycles. The SMILES string of the molecule is COCOc1cc(-c2nc(OC)c3c(N4CC(O)C4)nc(S(C)(=O)=O)nc3c2F)c2c(C#C[Si](C(C)C)(C(C)C)C(C)C)c(F)ccc2c1. The van der Waals surface area contributed by atoms with Crippen LogP contribution in [0.25, 0.3) is 32.9 Å². The van der Waals surface area contributed by atoms with E-state index >= 15 is 8.78 Å². The summed E-state index contributed by atoms with van der Waals surface area (Å²) in [5, 5.41) is 10.2. The first-order chi connectivity index (χ1) is 23.0. The summed E-state index contributed by atoms with van der Waals surface area (Å²) in [5.41, 5.74) is 4.00. The number of aliphatic hydroxyl groups is 1. The van der Waals surface area contributed by atoms with Crippen molar-refractivity contribution < 1.29 is 36.5 Å². The third-order valence-corrected chi connectivity index (χ3v) is 16.4. The van der Waals surface area contributed by atoms with Gasteiger partial charge < -0.3 is 24.2 Å². The highest BCUT2D eigenvalue weighted by molar-refractivity contribution is 7.90. The van der Waals surface area contributed by atoms with Crippen molar-refractivity contribution in [2.75, 3.05) is 45.3 Å². The van der Waals surface area contributed by atoms with E-state index in [1.165, 1.54) is 26.4 Å². The molecule has 10 nitrogen and oxygen atoms in total. The van der Waals surface area contributed by atoms with Crippen LogP contribution in [-0.2, 0) is 14.6 Å². The minimum atomic E-state index is -4.01. The number of rotatable bonds is 10. The molecule has 0 bridgehead atoms. The van der Waals surface area contributed by atoms with Crippen LogP contribution in [0, 0.1) is 23.1 Å². The number of sulfone groups is 1. The van der Waals surface area contributed by atoms with E-state index < -0.39 is 40.8 Å². The van der Waals surface area contributed by atoms with Gasteiger partial charge in [0.25, 0.3) is 0 Å². The number of hydrogen-bond donors (Lipinski definition) is 1. The number of hydrogen-bond acceptors (Lipinski definition) is 10. The van der Waals surface area contributed by atoms with Gasteiger partial charge in [0.05, 0.1) is 18.8 Å². The largest absolute Gasteiger partial charge is 0.480 e. The molecule has 2 aromatic heterocycles. The molecule has 262 valence electrons. The summed E-state index contributed by atoms with van der Waals surface area (Å²) in [6.07, 6.45) is 0.251. The molecule has 0 unspecified atom stereocenters. The molecule has 1 fully saturated rings. The zero-order valence-electron chi connectivity index (χ0n) is 29.2. The summed E-state index contributed by atoms with van der Waals surface area (Å²) in [6.45, 7) is 13.1.